The van der Waals surface area contributed by atoms with Crippen molar-refractivity contribution in [3.05, 3.63) is 70.8 Å². The SMILES string of the molecule is CCC(CC)OCC(COC(CC)CC)Oc1ccc2c(c1)c(C(=O)Oc1c(C)cc(C(=O)NCCOCCOCCN)cc1C)c1cc(OC(COC(COC)COC)COC(COC)COC)ccc1[n+]2CCCS(=O)(=O)O. The Balaban J connectivity index is 1.93. The second-order valence-corrected chi connectivity index (χ2v) is 20.9. The van der Waals surface area contributed by atoms with Gasteiger partial charge in [0.25, 0.3) is 16.0 Å². The Morgan fingerprint density at radius 3 is 1.45 bits per heavy atom. The summed E-state index contributed by atoms with van der Waals surface area (Å²) in [5, 5.41) is 3.65. The third-order valence-electron chi connectivity index (χ3n) is 13.0. The Morgan fingerprint density at radius 2 is 1.04 bits per heavy atom. The summed E-state index contributed by atoms with van der Waals surface area (Å²) in [5.74, 6) is -0.617. The first kappa shape index (κ1) is 67.8. The zero-order valence-corrected chi connectivity index (χ0v) is 49.6. The van der Waals surface area contributed by atoms with Gasteiger partial charge in [-0.15, -0.1) is 0 Å². The first-order valence-electron chi connectivity index (χ1n) is 27.7. The van der Waals surface area contributed by atoms with Crippen molar-refractivity contribution < 1.29 is 88.7 Å². The first-order valence-corrected chi connectivity index (χ1v) is 29.3. The van der Waals surface area contributed by atoms with E-state index >= 15 is 4.79 Å². The van der Waals surface area contributed by atoms with Crippen LogP contribution in [-0.2, 0) is 64.0 Å². The van der Waals surface area contributed by atoms with Gasteiger partial charge < -0.3 is 72.6 Å². The summed E-state index contributed by atoms with van der Waals surface area (Å²) < 4.78 is 114. The molecule has 450 valence electrons. The van der Waals surface area contributed by atoms with E-state index in [0.29, 0.717) is 76.4 Å². The lowest BCUT2D eigenvalue weighted by atomic mass is 10.0. The van der Waals surface area contributed by atoms with Crippen LogP contribution in [0, 0.1) is 13.8 Å². The van der Waals surface area contributed by atoms with Crippen molar-refractivity contribution in [1.82, 2.24) is 5.32 Å². The van der Waals surface area contributed by atoms with Crippen LogP contribution in [0.25, 0.3) is 21.8 Å². The number of ether oxygens (including phenoxy) is 13. The highest BCUT2D eigenvalue weighted by molar-refractivity contribution is 7.85. The molecule has 22 heteroatoms. The van der Waals surface area contributed by atoms with Crippen molar-refractivity contribution in [2.24, 2.45) is 5.73 Å². The normalized spacial score (nSPS) is 12.2. The standard InChI is InChI=1S/C58H89N3O18S/c1-11-43(12-2)73-36-49(37-74-44(13-3)14-4)77-45-16-18-53-51(30-45)55(58(63)79-56-40(5)28-42(29-41(56)6)57(62)60-21-24-72-26-25-71-23-20-59)52-31-46(17-19-54(52)61(53)22-15-27-80(64,65)66)78-50(38-75-47(32-67-7)33-68-8)39-76-48(34-69-9)35-70-10/h16-19,28-31,43-44,47-50H,11-15,20-27,32-39,59H2,1-10H3,(H-,60,62,64,65,66)/p+1. The number of hydrogen-bond donors (Lipinski definition) is 3. The highest BCUT2D eigenvalue weighted by Gasteiger charge is 2.30. The number of nitrogens with zero attached hydrogens (tertiary/aromatic N) is 1. The number of hydrogen-bond acceptors (Lipinski definition) is 18. The number of rotatable bonds is 43. The fourth-order valence-corrected chi connectivity index (χ4v) is 9.48. The van der Waals surface area contributed by atoms with Crippen LogP contribution in [0.4, 0.5) is 0 Å². The summed E-state index contributed by atoms with van der Waals surface area (Å²) >= 11 is 0. The van der Waals surface area contributed by atoms with Gasteiger partial charge in [-0.05, 0) is 87.1 Å². The molecule has 1 heterocycles. The summed E-state index contributed by atoms with van der Waals surface area (Å²) in [6, 6.07) is 13.9. The number of aromatic nitrogens is 1. The third-order valence-corrected chi connectivity index (χ3v) is 13.8. The number of nitrogens with two attached hydrogens (primary N) is 1. The molecule has 0 fully saturated rings. The number of amides is 1. The van der Waals surface area contributed by atoms with Crippen molar-refractivity contribution in [3.63, 3.8) is 0 Å². The summed E-state index contributed by atoms with van der Waals surface area (Å²) in [7, 11) is 1.94. The Labute approximate surface area is 473 Å². The molecule has 4 aromatic rings. The lowest BCUT2D eigenvalue weighted by Crippen LogP contribution is -2.38. The molecule has 0 atom stereocenters. The van der Waals surface area contributed by atoms with Gasteiger partial charge >= 0.3 is 5.97 Å². The Kier molecular flexibility index (Phi) is 31.1. The molecular formula is C58H90N3O18S+. The van der Waals surface area contributed by atoms with Gasteiger partial charge in [0, 0.05) is 65.6 Å². The van der Waals surface area contributed by atoms with E-state index in [-0.39, 0.29) is 108 Å². The molecule has 0 saturated carbocycles. The molecule has 0 bridgehead atoms. The predicted octanol–water partition coefficient (Wildman–Crippen LogP) is 6.38. The van der Waals surface area contributed by atoms with E-state index < -0.39 is 46.3 Å². The largest absolute Gasteiger partial charge is 0.486 e. The summed E-state index contributed by atoms with van der Waals surface area (Å²) in [5.41, 5.74) is 8.07. The molecule has 4 rings (SSSR count). The fourth-order valence-electron chi connectivity index (χ4n) is 8.99. The minimum absolute atomic E-state index is 0.0105. The van der Waals surface area contributed by atoms with Gasteiger partial charge in [0.1, 0.15) is 41.7 Å². The van der Waals surface area contributed by atoms with Gasteiger partial charge in [-0.1, -0.05) is 27.7 Å². The molecule has 0 spiro atoms. The van der Waals surface area contributed by atoms with Crippen molar-refractivity contribution in [3.8, 4) is 17.2 Å². The molecule has 0 unspecified atom stereocenters. The number of aryl methyl sites for hydroxylation is 3. The molecular weight excluding hydrogens is 1060 g/mol. The average molecular weight is 1150 g/mol. The maximum atomic E-state index is 15.4. The van der Waals surface area contributed by atoms with Gasteiger partial charge in [0.2, 0.25) is 11.0 Å². The first-order chi connectivity index (χ1) is 38.6. The number of carbonyl (C=O) groups excluding carboxylic acids is 2. The molecule has 1 aromatic heterocycles. The van der Waals surface area contributed by atoms with Crippen LogP contribution in [-0.4, -0.2) is 188 Å². The third kappa shape index (κ3) is 22.6. The zero-order valence-electron chi connectivity index (χ0n) is 48.8. The summed E-state index contributed by atoms with van der Waals surface area (Å²) in [6.07, 6.45) is 1.18. The molecule has 3 aromatic carbocycles. The topological polar surface area (TPSA) is 250 Å². The number of benzene rings is 3. The summed E-state index contributed by atoms with van der Waals surface area (Å²) in [6.45, 7) is 15.6. The number of fused-ring (bicyclic) bond motifs is 2. The van der Waals surface area contributed by atoms with Crippen molar-refractivity contribution in [2.75, 3.05) is 127 Å². The molecule has 0 saturated heterocycles. The lowest BCUT2D eigenvalue weighted by Gasteiger charge is -2.25. The van der Waals surface area contributed by atoms with Gasteiger partial charge in [-0.2, -0.15) is 13.0 Å². The molecule has 0 aliphatic rings. The van der Waals surface area contributed by atoms with Gasteiger partial charge in [-0.25, -0.2) is 4.79 Å². The number of nitrogens with one attached hydrogen (secondary N) is 1. The van der Waals surface area contributed by atoms with E-state index in [1.165, 1.54) is 0 Å². The molecule has 21 nitrogen and oxygen atoms in total. The van der Waals surface area contributed by atoms with E-state index in [9.17, 15) is 17.8 Å². The van der Waals surface area contributed by atoms with Crippen molar-refractivity contribution >= 4 is 43.8 Å². The number of methoxy groups -OCH3 is 4. The molecule has 4 N–H and O–H groups in total. The van der Waals surface area contributed by atoms with Crippen LogP contribution in [0.1, 0.15) is 91.6 Å². The molecule has 0 radical (unpaired) electrons. The summed E-state index contributed by atoms with van der Waals surface area (Å²) in [4.78, 5) is 28.8. The smallest absolute Gasteiger partial charge is 0.345 e. The molecule has 0 aliphatic heterocycles. The van der Waals surface area contributed by atoms with Crippen LogP contribution in [0.5, 0.6) is 17.2 Å². The van der Waals surface area contributed by atoms with Crippen LogP contribution < -0.4 is 29.8 Å². The van der Waals surface area contributed by atoms with E-state index in [4.69, 9.17) is 67.3 Å². The van der Waals surface area contributed by atoms with E-state index in [0.717, 1.165) is 25.7 Å². The Hall–Kier alpha value is -4.66. The lowest BCUT2D eigenvalue weighted by molar-refractivity contribution is -0.645. The fraction of sp³-hybridized carbons (Fsp3) is 0.638. The quantitative estimate of drug-likeness (QED) is 0.0109. The van der Waals surface area contributed by atoms with E-state index in [2.05, 4.69) is 33.0 Å². The van der Waals surface area contributed by atoms with Crippen LogP contribution >= 0.6 is 0 Å². The van der Waals surface area contributed by atoms with Gasteiger partial charge in [0.15, 0.2) is 6.54 Å². The van der Waals surface area contributed by atoms with Gasteiger partial charge in [0.05, 0.1) is 114 Å². The second kappa shape index (κ2) is 36.7. The van der Waals surface area contributed by atoms with Gasteiger partial charge in [-0.3, -0.25) is 9.35 Å². The second-order valence-electron chi connectivity index (χ2n) is 19.4. The number of esters is 1. The average Bonchev–Trinajstić information content (AvgIpc) is 3.49. The van der Waals surface area contributed by atoms with Crippen molar-refractivity contribution in [2.45, 2.75) is 117 Å². The Morgan fingerprint density at radius 1 is 0.600 bits per heavy atom. The monoisotopic (exact) mass is 1150 g/mol. The van der Waals surface area contributed by atoms with Crippen LogP contribution in [0.2, 0.25) is 0 Å². The maximum Gasteiger partial charge on any atom is 0.345 e. The molecule has 80 heavy (non-hydrogen) atoms. The minimum atomic E-state index is -4.34. The number of pyridine rings is 1. The molecule has 0 aliphatic carbocycles. The van der Waals surface area contributed by atoms with E-state index in [1.54, 1.807) is 84.8 Å². The predicted molar refractivity (Wildman–Crippen MR) is 303 cm³/mol. The highest BCUT2D eigenvalue weighted by Crippen LogP contribution is 2.34. The van der Waals surface area contributed by atoms with Crippen LogP contribution in [0.3, 0.4) is 0 Å². The Bertz CT molecular complexity index is 2510. The zero-order chi connectivity index (χ0) is 58.5. The maximum absolute atomic E-state index is 15.4. The highest BCUT2D eigenvalue weighted by atomic mass is 32.2. The van der Waals surface area contributed by atoms with E-state index in [1.807, 2.05) is 10.6 Å². The molecule has 1 amide bonds. The van der Waals surface area contributed by atoms with Crippen LogP contribution in [0.15, 0.2) is 48.5 Å². The van der Waals surface area contributed by atoms with Crippen molar-refractivity contribution in [1.29, 1.82) is 0 Å². The number of carbonyl (C=O) groups is 2. The minimum Gasteiger partial charge on any atom is -0.486 e.